The van der Waals surface area contributed by atoms with E-state index in [2.05, 4.69) is 10.3 Å². The summed E-state index contributed by atoms with van der Waals surface area (Å²) >= 11 is 5.89. The highest BCUT2D eigenvalue weighted by atomic mass is 35.5. The van der Waals surface area contributed by atoms with E-state index in [9.17, 15) is 14.4 Å². The molecule has 150 valence electrons. The number of barbiturate groups is 1. The van der Waals surface area contributed by atoms with Crippen LogP contribution in [0.1, 0.15) is 17.0 Å². The van der Waals surface area contributed by atoms with Crippen LogP contribution in [0.3, 0.4) is 0 Å². The van der Waals surface area contributed by atoms with Crippen LogP contribution in [0.2, 0.25) is 5.02 Å². The van der Waals surface area contributed by atoms with Gasteiger partial charge in [-0.1, -0.05) is 11.6 Å². The molecule has 0 atom stereocenters. The number of aryl methyl sites for hydroxylation is 1. The maximum Gasteiger partial charge on any atom is 0.335 e. The van der Waals surface area contributed by atoms with Gasteiger partial charge >= 0.3 is 6.03 Å². The lowest BCUT2D eigenvalue weighted by Gasteiger charge is -2.26. The van der Waals surface area contributed by atoms with E-state index < -0.39 is 17.8 Å². The molecule has 3 heterocycles. The van der Waals surface area contributed by atoms with Crippen molar-refractivity contribution in [2.45, 2.75) is 13.8 Å². The number of hydrogen-bond donors (Lipinski definition) is 1. The second-order valence-electron chi connectivity index (χ2n) is 6.80. The van der Waals surface area contributed by atoms with Crippen LogP contribution in [0.15, 0.2) is 60.4 Å². The maximum atomic E-state index is 13.0. The van der Waals surface area contributed by atoms with Crippen molar-refractivity contribution < 1.29 is 14.4 Å². The molecule has 0 radical (unpaired) electrons. The number of benzene rings is 1. The van der Waals surface area contributed by atoms with E-state index in [0.29, 0.717) is 16.3 Å². The first kappa shape index (κ1) is 19.6. The van der Waals surface area contributed by atoms with Crippen molar-refractivity contribution in [2.24, 2.45) is 0 Å². The van der Waals surface area contributed by atoms with Crippen LogP contribution in [0.25, 0.3) is 11.8 Å². The Balaban J connectivity index is 1.76. The standard InChI is InChI=1S/C22H17ClN4O3/c1-13-11-15(14(2)26(13)18-7-9-24-10-8-18)12-19-20(28)25-22(30)27(21(19)29)17-5-3-16(23)4-6-17/h3-12H,1-2H3,(H,25,28,30)/b19-12+. The normalized spacial score (nSPS) is 15.6. The number of carbonyl (C=O) groups is 3. The van der Waals surface area contributed by atoms with Gasteiger partial charge in [0.1, 0.15) is 5.57 Å². The Morgan fingerprint density at radius 2 is 1.63 bits per heavy atom. The number of urea groups is 1. The fourth-order valence-electron chi connectivity index (χ4n) is 3.46. The average molecular weight is 421 g/mol. The number of imide groups is 2. The zero-order valence-electron chi connectivity index (χ0n) is 16.2. The first-order valence-corrected chi connectivity index (χ1v) is 9.51. The number of anilines is 1. The Morgan fingerprint density at radius 1 is 0.967 bits per heavy atom. The van der Waals surface area contributed by atoms with Crippen LogP contribution in [0, 0.1) is 13.8 Å². The van der Waals surface area contributed by atoms with Crippen LogP contribution in [-0.4, -0.2) is 27.4 Å². The quantitative estimate of drug-likeness (QED) is 0.515. The van der Waals surface area contributed by atoms with Crippen molar-refractivity contribution in [1.82, 2.24) is 14.9 Å². The topological polar surface area (TPSA) is 84.3 Å². The Kier molecular flexibility index (Phi) is 4.97. The summed E-state index contributed by atoms with van der Waals surface area (Å²) in [6, 6.07) is 11.1. The largest absolute Gasteiger partial charge is 0.335 e. The number of pyridine rings is 1. The summed E-state index contributed by atoms with van der Waals surface area (Å²) in [5, 5.41) is 2.70. The van der Waals surface area contributed by atoms with E-state index in [1.165, 1.54) is 6.08 Å². The Hall–Kier alpha value is -3.71. The smallest absolute Gasteiger partial charge is 0.318 e. The van der Waals surface area contributed by atoms with Crippen LogP contribution < -0.4 is 10.2 Å². The van der Waals surface area contributed by atoms with Crippen LogP contribution in [0.4, 0.5) is 10.5 Å². The zero-order valence-corrected chi connectivity index (χ0v) is 17.0. The van der Waals surface area contributed by atoms with Crippen molar-refractivity contribution in [2.75, 3.05) is 4.90 Å². The molecule has 1 aromatic carbocycles. The minimum Gasteiger partial charge on any atom is -0.318 e. The van der Waals surface area contributed by atoms with Crippen molar-refractivity contribution in [3.8, 4) is 5.69 Å². The fraction of sp³-hybridized carbons (Fsp3) is 0.0909. The lowest BCUT2D eigenvalue weighted by Crippen LogP contribution is -2.54. The average Bonchev–Trinajstić information content (AvgIpc) is 3.00. The van der Waals surface area contributed by atoms with Gasteiger partial charge in [-0.05, 0) is 68.0 Å². The molecule has 4 rings (SSSR count). The molecule has 0 unspecified atom stereocenters. The van der Waals surface area contributed by atoms with Gasteiger partial charge in [0.2, 0.25) is 0 Å². The summed E-state index contributed by atoms with van der Waals surface area (Å²) in [4.78, 5) is 42.7. The summed E-state index contributed by atoms with van der Waals surface area (Å²) < 4.78 is 2.00. The minimum absolute atomic E-state index is 0.125. The molecule has 4 amide bonds. The third kappa shape index (κ3) is 3.40. The molecule has 2 aromatic heterocycles. The second kappa shape index (κ2) is 7.61. The first-order valence-electron chi connectivity index (χ1n) is 9.13. The van der Waals surface area contributed by atoms with E-state index >= 15 is 0 Å². The highest BCUT2D eigenvalue weighted by Gasteiger charge is 2.37. The molecule has 30 heavy (non-hydrogen) atoms. The number of nitrogens with one attached hydrogen (secondary N) is 1. The third-order valence-electron chi connectivity index (χ3n) is 4.88. The molecule has 1 N–H and O–H groups in total. The van der Waals surface area contributed by atoms with E-state index in [-0.39, 0.29) is 5.57 Å². The van der Waals surface area contributed by atoms with E-state index in [4.69, 9.17) is 11.6 Å². The summed E-state index contributed by atoms with van der Waals surface area (Å²) in [5.41, 5.74) is 3.60. The van der Waals surface area contributed by atoms with E-state index in [0.717, 1.165) is 22.0 Å². The fourth-order valence-corrected chi connectivity index (χ4v) is 3.59. The van der Waals surface area contributed by atoms with Crippen LogP contribution >= 0.6 is 11.6 Å². The van der Waals surface area contributed by atoms with Gasteiger partial charge in [0.15, 0.2) is 0 Å². The molecule has 1 fully saturated rings. The number of carbonyl (C=O) groups excluding carboxylic acids is 3. The predicted molar refractivity (Wildman–Crippen MR) is 113 cm³/mol. The van der Waals surface area contributed by atoms with Gasteiger partial charge < -0.3 is 4.57 Å². The molecule has 8 heteroatoms. The SMILES string of the molecule is Cc1cc(/C=C2\C(=O)NC(=O)N(c3ccc(Cl)cc3)C2=O)c(C)n1-c1ccncc1. The molecule has 0 spiro atoms. The molecule has 1 aliphatic heterocycles. The minimum atomic E-state index is -0.799. The highest BCUT2D eigenvalue weighted by molar-refractivity contribution is 6.39. The van der Waals surface area contributed by atoms with Gasteiger partial charge in [-0.25, -0.2) is 9.69 Å². The summed E-state index contributed by atoms with van der Waals surface area (Å²) in [6.07, 6.45) is 4.90. The van der Waals surface area contributed by atoms with Gasteiger partial charge in [0, 0.05) is 34.5 Å². The highest BCUT2D eigenvalue weighted by Crippen LogP contribution is 2.26. The van der Waals surface area contributed by atoms with Crippen molar-refractivity contribution in [1.29, 1.82) is 0 Å². The predicted octanol–water partition coefficient (Wildman–Crippen LogP) is 3.81. The Labute approximate surface area is 177 Å². The lowest BCUT2D eigenvalue weighted by molar-refractivity contribution is -0.122. The Morgan fingerprint density at radius 3 is 2.30 bits per heavy atom. The number of rotatable bonds is 3. The second-order valence-corrected chi connectivity index (χ2v) is 7.24. The number of hydrogen-bond acceptors (Lipinski definition) is 4. The third-order valence-corrected chi connectivity index (χ3v) is 5.13. The summed E-state index contributed by atoms with van der Waals surface area (Å²) in [6.45, 7) is 3.83. The number of amides is 4. The van der Waals surface area contributed by atoms with Gasteiger partial charge in [0.25, 0.3) is 11.8 Å². The molecule has 3 aromatic rings. The van der Waals surface area contributed by atoms with Crippen molar-refractivity contribution in [3.05, 3.63) is 82.4 Å². The zero-order chi connectivity index (χ0) is 21.4. The lowest BCUT2D eigenvalue weighted by atomic mass is 10.1. The molecule has 0 saturated carbocycles. The monoisotopic (exact) mass is 420 g/mol. The van der Waals surface area contributed by atoms with E-state index in [1.807, 2.05) is 36.6 Å². The van der Waals surface area contributed by atoms with Gasteiger partial charge in [0.05, 0.1) is 5.69 Å². The molecule has 7 nitrogen and oxygen atoms in total. The molecular formula is C22H17ClN4O3. The molecular weight excluding hydrogens is 404 g/mol. The van der Waals surface area contributed by atoms with Crippen molar-refractivity contribution >= 4 is 41.2 Å². The van der Waals surface area contributed by atoms with Crippen LogP contribution in [0.5, 0.6) is 0 Å². The van der Waals surface area contributed by atoms with Gasteiger partial charge in [-0.15, -0.1) is 0 Å². The number of halogens is 1. The molecule has 1 aliphatic rings. The maximum absolute atomic E-state index is 13.0. The Bertz CT molecular complexity index is 1200. The summed E-state index contributed by atoms with van der Waals surface area (Å²) in [7, 11) is 0. The van der Waals surface area contributed by atoms with Crippen LogP contribution in [-0.2, 0) is 9.59 Å². The van der Waals surface area contributed by atoms with Gasteiger partial charge in [-0.2, -0.15) is 0 Å². The molecule has 0 aliphatic carbocycles. The van der Waals surface area contributed by atoms with E-state index in [1.54, 1.807) is 36.7 Å². The molecule has 0 bridgehead atoms. The van der Waals surface area contributed by atoms with Crippen molar-refractivity contribution in [3.63, 3.8) is 0 Å². The number of nitrogens with zero attached hydrogens (tertiary/aromatic N) is 3. The molecule has 1 saturated heterocycles. The van der Waals surface area contributed by atoms with Gasteiger partial charge in [-0.3, -0.25) is 19.9 Å². The number of aromatic nitrogens is 2. The summed E-state index contributed by atoms with van der Waals surface area (Å²) in [5.74, 6) is -1.43. The first-order chi connectivity index (χ1) is 14.4.